The molecule has 0 saturated heterocycles. The molecule has 0 aliphatic rings. The summed E-state index contributed by atoms with van der Waals surface area (Å²) in [5.74, 6) is 0. The van der Waals surface area contributed by atoms with E-state index < -0.39 is 6.10 Å². The summed E-state index contributed by atoms with van der Waals surface area (Å²) in [5.41, 5.74) is 2.75. The van der Waals surface area contributed by atoms with Gasteiger partial charge in [0.1, 0.15) is 0 Å². The van der Waals surface area contributed by atoms with Crippen LogP contribution in [0, 0.1) is 0 Å². The van der Waals surface area contributed by atoms with Gasteiger partial charge in [-0.15, -0.1) is 0 Å². The number of rotatable bonds is 5. The maximum atomic E-state index is 10.4. The molecular weight excluding hydrogens is 375 g/mol. The Labute approximate surface area is 143 Å². The molecule has 1 aromatic carbocycles. The maximum Gasteiger partial charge on any atom is 0.0766 e. The van der Waals surface area contributed by atoms with E-state index in [9.17, 15) is 5.11 Å². The monoisotopic (exact) mass is 390 g/mol. The van der Waals surface area contributed by atoms with E-state index in [0.717, 1.165) is 27.8 Å². The largest absolute Gasteiger partial charge is 0.392 e. The van der Waals surface area contributed by atoms with Crippen LogP contribution in [0.5, 0.6) is 0 Å². The Balaban J connectivity index is 2.16. The predicted molar refractivity (Wildman–Crippen MR) is 90.2 cm³/mol. The molecule has 0 aliphatic carbocycles. The van der Waals surface area contributed by atoms with E-state index in [1.165, 1.54) is 0 Å². The van der Waals surface area contributed by atoms with Gasteiger partial charge in [0.25, 0.3) is 0 Å². The molecular formula is C15H17BrCl2N2O. The number of aliphatic hydroxyl groups excluding tert-OH is 1. The third kappa shape index (κ3) is 3.81. The van der Waals surface area contributed by atoms with E-state index in [1.54, 1.807) is 22.9 Å². The number of halogens is 3. The number of benzene rings is 1. The van der Waals surface area contributed by atoms with Crippen LogP contribution in [0.15, 0.2) is 22.7 Å². The SMILES string of the molecule is CCc1nn(C)c(CC(O)Cc2c(Cl)cccc2Cl)c1Br. The minimum atomic E-state index is -0.571. The van der Waals surface area contributed by atoms with Gasteiger partial charge in [-0.05, 0) is 40.0 Å². The quantitative estimate of drug-likeness (QED) is 0.829. The van der Waals surface area contributed by atoms with Crippen LogP contribution < -0.4 is 0 Å². The van der Waals surface area contributed by atoms with Gasteiger partial charge in [-0.3, -0.25) is 4.68 Å². The van der Waals surface area contributed by atoms with Crippen LogP contribution in [0.2, 0.25) is 10.0 Å². The van der Waals surface area contributed by atoms with Gasteiger partial charge >= 0.3 is 0 Å². The Bertz CT molecular complexity index is 623. The van der Waals surface area contributed by atoms with Crippen LogP contribution in [-0.4, -0.2) is 21.0 Å². The van der Waals surface area contributed by atoms with Gasteiger partial charge in [-0.1, -0.05) is 36.2 Å². The molecule has 3 nitrogen and oxygen atoms in total. The minimum absolute atomic E-state index is 0.414. The first-order chi connectivity index (χ1) is 9.93. The molecule has 1 atom stereocenters. The molecule has 0 fully saturated rings. The van der Waals surface area contributed by atoms with E-state index in [1.807, 2.05) is 7.05 Å². The zero-order valence-corrected chi connectivity index (χ0v) is 15.0. The summed E-state index contributed by atoms with van der Waals surface area (Å²) >= 11 is 15.8. The van der Waals surface area contributed by atoms with Gasteiger partial charge in [-0.25, -0.2) is 0 Å². The van der Waals surface area contributed by atoms with Crippen molar-refractivity contribution in [3.8, 4) is 0 Å². The highest BCUT2D eigenvalue weighted by atomic mass is 79.9. The Morgan fingerprint density at radius 3 is 2.43 bits per heavy atom. The van der Waals surface area contributed by atoms with Crippen LogP contribution in [-0.2, 0) is 26.3 Å². The van der Waals surface area contributed by atoms with E-state index in [4.69, 9.17) is 23.2 Å². The topological polar surface area (TPSA) is 38.0 Å². The summed E-state index contributed by atoms with van der Waals surface area (Å²) < 4.78 is 2.78. The lowest BCUT2D eigenvalue weighted by atomic mass is 10.0. The first kappa shape index (κ1) is 16.8. The normalized spacial score (nSPS) is 12.7. The number of aryl methyl sites for hydroxylation is 2. The summed E-state index contributed by atoms with van der Waals surface area (Å²) in [6.45, 7) is 2.05. The van der Waals surface area contributed by atoms with Gasteiger partial charge in [0.05, 0.1) is 22.0 Å². The Kier molecular flexibility index (Phi) is 5.72. The van der Waals surface area contributed by atoms with Crippen LogP contribution >= 0.6 is 39.1 Å². The number of aliphatic hydroxyl groups is 1. The first-order valence-corrected chi connectivity index (χ1v) is 8.30. The van der Waals surface area contributed by atoms with E-state index >= 15 is 0 Å². The van der Waals surface area contributed by atoms with Crippen LogP contribution in [0.1, 0.15) is 23.9 Å². The molecule has 1 unspecified atom stereocenters. The Morgan fingerprint density at radius 2 is 1.90 bits per heavy atom. The van der Waals surface area contributed by atoms with Crippen molar-refractivity contribution in [2.45, 2.75) is 32.3 Å². The van der Waals surface area contributed by atoms with Crippen LogP contribution in [0.3, 0.4) is 0 Å². The van der Waals surface area contributed by atoms with E-state index in [-0.39, 0.29) is 0 Å². The molecule has 0 amide bonds. The standard InChI is InChI=1S/C15H17BrCl2N2O/c1-3-13-15(16)14(20(2)19-13)8-9(21)7-10-11(17)5-4-6-12(10)18/h4-6,9,21H,3,7-8H2,1-2H3. The maximum absolute atomic E-state index is 10.4. The van der Waals surface area contributed by atoms with E-state index in [0.29, 0.717) is 22.9 Å². The predicted octanol–water partition coefficient (Wildman–Crippen LogP) is 4.20. The van der Waals surface area contributed by atoms with Gasteiger partial charge in [0.2, 0.25) is 0 Å². The summed E-state index contributed by atoms with van der Waals surface area (Å²) in [6, 6.07) is 5.36. The van der Waals surface area contributed by atoms with Crippen molar-refractivity contribution in [3.05, 3.63) is 49.7 Å². The summed E-state index contributed by atoms with van der Waals surface area (Å²) in [4.78, 5) is 0. The average Bonchev–Trinajstić information content (AvgIpc) is 2.70. The molecule has 0 saturated carbocycles. The number of aromatic nitrogens is 2. The zero-order chi connectivity index (χ0) is 15.6. The van der Waals surface area contributed by atoms with Gasteiger partial charge in [0, 0.05) is 29.9 Å². The minimum Gasteiger partial charge on any atom is -0.392 e. The van der Waals surface area contributed by atoms with Crippen molar-refractivity contribution in [1.82, 2.24) is 9.78 Å². The number of hydrogen-bond donors (Lipinski definition) is 1. The molecule has 1 N–H and O–H groups in total. The zero-order valence-electron chi connectivity index (χ0n) is 11.9. The molecule has 0 spiro atoms. The van der Waals surface area contributed by atoms with E-state index in [2.05, 4.69) is 28.0 Å². The van der Waals surface area contributed by atoms with Crippen molar-refractivity contribution in [3.63, 3.8) is 0 Å². The lowest BCUT2D eigenvalue weighted by Crippen LogP contribution is -2.17. The highest BCUT2D eigenvalue weighted by Crippen LogP contribution is 2.28. The molecule has 6 heteroatoms. The molecule has 0 bridgehead atoms. The molecule has 0 aliphatic heterocycles. The lowest BCUT2D eigenvalue weighted by molar-refractivity contribution is 0.172. The van der Waals surface area contributed by atoms with Gasteiger partial charge in [-0.2, -0.15) is 5.10 Å². The van der Waals surface area contributed by atoms with Gasteiger partial charge in [0.15, 0.2) is 0 Å². The second-order valence-corrected chi connectivity index (χ2v) is 6.55. The van der Waals surface area contributed by atoms with Gasteiger partial charge < -0.3 is 5.11 Å². The van der Waals surface area contributed by atoms with Crippen molar-refractivity contribution in [2.24, 2.45) is 7.05 Å². The van der Waals surface area contributed by atoms with Crippen molar-refractivity contribution in [1.29, 1.82) is 0 Å². The smallest absolute Gasteiger partial charge is 0.0766 e. The highest BCUT2D eigenvalue weighted by Gasteiger charge is 2.18. The summed E-state index contributed by atoms with van der Waals surface area (Å²) in [5, 5.41) is 16.0. The first-order valence-electron chi connectivity index (χ1n) is 6.75. The molecule has 0 radical (unpaired) electrons. The fourth-order valence-corrected chi connectivity index (χ4v) is 3.63. The van der Waals surface area contributed by atoms with Crippen LogP contribution in [0.25, 0.3) is 0 Å². The number of nitrogens with zero attached hydrogens (tertiary/aromatic N) is 2. The Morgan fingerprint density at radius 1 is 1.29 bits per heavy atom. The third-order valence-corrected chi connectivity index (χ3v) is 5.06. The number of hydrogen-bond acceptors (Lipinski definition) is 2. The fourth-order valence-electron chi connectivity index (χ4n) is 2.30. The summed E-state index contributed by atoms with van der Waals surface area (Å²) in [6.07, 6.45) is 1.18. The highest BCUT2D eigenvalue weighted by molar-refractivity contribution is 9.10. The fraction of sp³-hybridized carbons (Fsp3) is 0.400. The summed E-state index contributed by atoms with van der Waals surface area (Å²) in [7, 11) is 1.88. The molecule has 21 heavy (non-hydrogen) atoms. The lowest BCUT2D eigenvalue weighted by Gasteiger charge is -2.13. The molecule has 1 heterocycles. The Hall–Kier alpha value is -0.550. The second kappa shape index (κ2) is 7.14. The van der Waals surface area contributed by atoms with Crippen molar-refractivity contribution in [2.75, 3.05) is 0 Å². The average molecular weight is 392 g/mol. The van der Waals surface area contributed by atoms with Crippen LogP contribution in [0.4, 0.5) is 0 Å². The second-order valence-electron chi connectivity index (χ2n) is 4.95. The molecule has 2 aromatic rings. The van der Waals surface area contributed by atoms with Crippen molar-refractivity contribution < 1.29 is 5.11 Å². The molecule has 2 rings (SSSR count). The molecule has 114 valence electrons. The molecule has 1 aromatic heterocycles. The third-order valence-electron chi connectivity index (χ3n) is 3.43. The van der Waals surface area contributed by atoms with Crippen molar-refractivity contribution >= 4 is 39.1 Å².